The van der Waals surface area contributed by atoms with Gasteiger partial charge in [0.2, 0.25) is 0 Å². The van der Waals surface area contributed by atoms with Gasteiger partial charge in [0.1, 0.15) is 13.2 Å². The predicted molar refractivity (Wildman–Crippen MR) is 146 cm³/mol. The van der Waals surface area contributed by atoms with Crippen molar-refractivity contribution in [1.82, 2.24) is 0 Å². The highest BCUT2D eigenvalue weighted by molar-refractivity contribution is 6.84. The number of ether oxygens (including phenoxy) is 2. The molecule has 0 aromatic heterocycles. The summed E-state index contributed by atoms with van der Waals surface area (Å²) in [6, 6.07) is 18.2. The van der Waals surface area contributed by atoms with Crippen molar-refractivity contribution >= 4 is 28.6 Å². The first-order valence-corrected chi connectivity index (χ1v) is 18.2. The Bertz CT molecular complexity index is 948. The molecule has 0 aliphatic rings. The van der Waals surface area contributed by atoms with E-state index in [1.54, 1.807) is 0 Å². The lowest BCUT2D eigenvalue weighted by Gasteiger charge is -2.34. The van der Waals surface area contributed by atoms with Gasteiger partial charge >= 0.3 is 11.9 Å². The van der Waals surface area contributed by atoms with Crippen molar-refractivity contribution in [3.05, 3.63) is 96.1 Å². The lowest BCUT2D eigenvalue weighted by Crippen LogP contribution is -2.44. The average Bonchev–Trinajstić information content (AvgIpc) is 2.83. The molecule has 0 unspecified atom stereocenters. The normalized spacial score (nSPS) is 11.5. The maximum atomic E-state index is 11.5. The van der Waals surface area contributed by atoms with Crippen LogP contribution in [0.4, 0.5) is 0 Å². The molecular weight excluding hydrogens is 472 g/mol. The second-order valence-corrected chi connectivity index (χ2v) is 18.6. The molecular formula is C28H38O5Si2. The number of rotatable bonds is 14. The van der Waals surface area contributed by atoms with Crippen LogP contribution >= 0.6 is 0 Å². The summed E-state index contributed by atoms with van der Waals surface area (Å²) in [5.74, 6) is -0.822. The molecule has 0 fully saturated rings. The van der Waals surface area contributed by atoms with Crippen molar-refractivity contribution in [2.24, 2.45) is 0 Å². The smallest absolute Gasteiger partial charge is 0.330 e. The molecule has 0 bridgehead atoms. The van der Waals surface area contributed by atoms with Gasteiger partial charge in [0.15, 0.2) is 16.6 Å². The number of hydrogen-bond donors (Lipinski definition) is 0. The summed E-state index contributed by atoms with van der Waals surface area (Å²) >= 11 is 0. The highest BCUT2D eigenvalue weighted by atomic mass is 28.4. The van der Waals surface area contributed by atoms with E-state index >= 15 is 0 Å². The molecule has 0 radical (unpaired) electrons. The number of esters is 2. The van der Waals surface area contributed by atoms with Gasteiger partial charge in [-0.15, -0.1) is 0 Å². The Labute approximate surface area is 212 Å². The molecule has 0 saturated carbocycles. The molecule has 7 heteroatoms. The quantitative estimate of drug-likeness (QED) is 0.168. The van der Waals surface area contributed by atoms with Crippen LogP contribution < -0.4 is 0 Å². The number of benzene rings is 2. The molecule has 5 nitrogen and oxygen atoms in total. The molecule has 35 heavy (non-hydrogen) atoms. The van der Waals surface area contributed by atoms with Gasteiger partial charge in [0.05, 0.1) is 0 Å². The van der Waals surface area contributed by atoms with Crippen molar-refractivity contribution in [3.63, 3.8) is 0 Å². The summed E-state index contributed by atoms with van der Waals surface area (Å²) < 4.78 is 17.4. The molecule has 2 aromatic rings. The van der Waals surface area contributed by atoms with E-state index in [0.29, 0.717) is 0 Å². The molecule has 0 atom stereocenters. The number of carbonyl (C=O) groups is 2. The zero-order chi connectivity index (χ0) is 25.9. The first-order valence-electron chi connectivity index (χ1n) is 12.0. The lowest BCUT2D eigenvalue weighted by molar-refractivity contribution is -0.139. The van der Waals surface area contributed by atoms with Crippen molar-refractivity contribution < 1.29 is 23.2 Å². The van der Waals surface area contributed by atoms with Gasteiger partial charge in [-0.05, 0) is 73.4 Å². The zero-order valence-corrected chi connectivity index (χ0v) is 23.5. The van der Waals surface area contributed by atoms with Gasteiger partial charge < -0.3 is 13.6 Å². The SMILES string of the molecule is C=CC(=O)OCc1ccccc1CC[Si](C)(C)O[Si](C)(C)CCc1ccccc1COC(=O)C=C. The molecule has 2 aromatic carbocycles. The van der Waals surface area contributed by atoms with Gasteiger partial charge in [-0.3, -0.25) is 0 Å². The molecule has 0 amide bonds. The molecule has 0 spiro atoms. The third-order valence-electron chi connectivity index (χ3n) is 5.86. The van der Waals surface area contributed by atoms with Crippen LogP contribution in [0.1, 0.15) is 22.3 Å². The fourth-order valence-electron chi connectivity index (χ4n) is 4.02. The van der Waals surface area contributed by atoms with Crippen molar-refractivity contribution in [3.8, 4) is 0 Å². The maximum Gasteiger partial charge on any atom is 0.330 e. The van der Waals surface area contributed by atoms with E-state index in [4.69, 9.17) is 13.6 Å². The summed E-state index contributed by atoms with van der Waals surface area (Å²) in [5.41, 5.74) is 4.43. The predicted octanol–water partition coefficient (Wildman–Crippen LogP) is 6.36. The standard InChI is InChI=1S/C28H38O5Si2/c1-7-27(29)31-21-25-15-11-9-13-23(25)17-19-34(3,4)33-35(5,6)20-18-24-14-10-12-16-26(24)22-32-28(30)8-2/h7-16H,1-2,17-22H2,3-6H3. The molecule has 2 rings (SSSR count). The first kappa shape index (κ1) is 28.5. The first-order chi connectivity index (χ1) is 16.5. The molecule has 0 N–H and O–H groups in total. The Balaban J connectivity index is 1.95. The number of carbonyl (C=O) groups excluding carboxylic acids is 2. The number of hydrogen-bond acceptors (Lipinski definition) is 5. The zero-order valence-electron chi connectivity index (χ0n) is 21.5. The molecule has 0 heterocycles. The fraction of sp³-hybridized carbons (Fsp3) is 0.357. The van der Waals surface area contributed by atoms with Crippen LogP contribution in [0.2, 0.25) is 38.3 Å². The van der Waals surface area contributed by atoms with Crippen molar-refractivity contribution in [2.75, 3.05) is 0 Å². The van der Waals surface area contributed by atoms with Crippen LogP contribution in [-0.2, 0) is 49.2 Å². The second-order valence-electron chi connectivity index (χ2n) is 9.78. The maximum absolute atomic E-state index is 11.5. The Hall–Kier alpha value is -2.75. The van der Waals surface area contributed by atoms with Gasteiger partial charge in [-0.1, -0.05) is 61.7 Å². The molecule has 0 aliphatic carbocycles. The Morgan fingerprint density at radius 3 is 1.37 bits per heavy atom. The fourth-order valence-corrected chi connectivity index (χ4v) is 12.6. The Morgan fingerprint density at radius 1 is 0.686 bits per heavy atom. The van der Waals surface area contributed by atoms with Gasteiger partial charge in [0, 0.05) is 12.2 Å². The summed E-state index contributed by atoms with van der Waals surface area (Å²) in [6.07, 6.45) is 4.16. The average molecular weight is 511 g/mol. The van der Waals surface area contributed by atoms with Crippen molar-refractivity contribution in [1.29, 1.82) is 0 Å². The van der Waals surface area contributed by atoms with Gasteiger partial charge in [-0.25, -0.2) is 9.59 Å². The van der Waals surface area contributed by atoms with Crippen molar-refractivity contribution in [2.45, 2.75) is 64.3 Å². The summed E-state index contributed by atoms with van der Waals surface area (Å²) in [5, 5.41) is 0. The van der Waals surface area contributed by atoms with Crippen LogP contribution in [-0.4, -0.2) is 28.6 Å². The Kier molecular flexibility index (Phi) is 10.9. The van der Waals surface area contributed by atoms with Crippen LogP contribution in [0, 0.1) is 0 Å². The lowest BCUT2D eigenvalue weighted by atomic mass is 10.1. The Morgan fingerprint density at radius 2 is 1.03 bits per heavy atom. The van der Waals surface area contributed by atoms with E-state index in [2.05, 4.69) is 51.5 Å². The highest BCUT2D eigenvalue weighted by Crippen LogP contribution is 2.26. The van der Waals surface area contributed by atoms with E-state index in [0.717, 1.165) is 36.1 Å². The minimum atomic E-state index is -1.93. The summed E-state index contributed by atoms with van der Waals surface area (Å²) in [7, 11) is -3.85. The van der Waals surface area contributed by atoms with E-state index in [-0.39, 0.29) is 13.2 Å². The third kappa shape index (κ3) is 10.2. The second kappa shape index (κ2) is 13.4. The minimum Gasteiger partial charge on any atom is -0.458 e. The largest absolute Gasteiger partial charge is 0.458 e. The van der Waals surface area contributed by atoms with E-state index < -0.39 is 28.6 Å². The summed E-state index contributed by atoms with van der Waals surface area (Å²) in [4.78, 5) is 22.9. The third-order valence-corrected chi connectivity index (χ3v) is 13.2. The van der Waals surface area contributed by atoms with Crippen LogP contribution in [0.3, 0.4) is 0 Å². The molecule has 0 saturated heterocycles. The van der Waals surface area contributed by atoms with Gasteiger partial charge in [-0.2, -0.15) is 0 Å². The molecule has 0 aliphatic heterocycles. The molecule has 188 valence electrons. The number of aryl methyl sites for hydroxylation is 2. The monoisotopic (exact) mass is 510 g/mol. The highest BCUT2D eigenvalue weighted by Gasteiger charge is 2.32. The summed E-state index contributed by atoms with van der Waals surface area (Å²) in [6.45, 7) is 16.5. The van der Waals surface area contributed by atoms with Crippen LogP contribution in [0.5, 0.6) is 0 Å². The topological polar surface area (TPSA) is 61.8 Å². The van der Waals surface area contributed by atoms with Crippen LogP contribution in [0.25, 0.3) is 0 Å². The van der Waals surface area contributed by atoms with E-state index in [1.165, 1.54) is 23.3 Å². The van der Waals surface area contributed by atoms with Gasteiger partial charge in [0.25, 0.3) is 0 Å². The van der Waals surface area contributed by atoms with E-state index in [1.807, 2.05) is 36.4 Å². The van der Waals surface area contributed by atoms with E-state index in [9.17, 15) is 9.59 Å². The minimum absolute atomic E-state index is 0.256. The van der Waals surface area contributed by atoms with Crippen LogP contribution in [0.15, 0.2) is 73.8 Å².